The molecule has 9 aromatic rings. The predicted molar refractivity (Wildman–Crippen MR) is 220 cm³/mol. The summed E-state index contributed by atoms with van der Waals surface area (Å²) in [7, 11) is 8.21. The summed E-state index contributed by atoms with van der Waals surface area (Å²) in [6.45, 7) is 14.9. The van der Waals surface area contributed by atoms with E-state index in [9.17, 15) is 14.0 Å². The van der Waals surface area contributed by atoms with Crippen LogP contribution in [0.25, 0.3) is 71.9 Å². The third kappa shape index (κ3) is 6.76. The van der Waals surface area contributed by atoms with Crippen molar-refractivity contribution < 1.29 is 42.4 Å². The van der Waals surface area contributed by atoms with Crippen LogP contribution in [0.1, 0.15) is 43.0 Å². The van der Waals surface area contributed by atoms with Gasteiger partial charge in [0.1, 0.15) is 23.4 Å². The van der Waals surface area contributed by atoms with Crippen LogP contribution in [0.3, 0.4) is 0 Å². The van der Waals surface area contributed by atoms with E-state index < -0.39 is 11.6 Å². The number of benzene rings is 5. The van der Waals surface area contributed by atoms with Crippen molar-refractivity contribution in [2.45, 2.75) is 26.2 Å². The van der Waals surface area contributed by atoms with Crippen LogP contribution in [0.2, 0.25) is 0 Å². The minimum absolute atomic E-state index is 0. The van der Waals surface area contributed by atoms with Gasteiger partial charge in [-0.3, -0.25) is 0 Å². The van der Waals surface area contributed by atoms with Gasteiger partial charge < -0.3 is 18.1 Å². The molecule has 0 bridgehead atoms. The fraction of sp³-hybridized carbons (Fsp3) is 0.0816. The number of halogens is 2. The summed E-state index contributed by atoms with van der Waals surface area (Å²) < 4.78 is 40.8. The van der Waals surface area contributed by atoms with Crippen molar-refractivity contribution in [1.82, 2.24) is 4.57 Å². The number of hydrogen-bond donors (Lipinski definition) is 0. The van der Waals surface area contributed by atoms with Gasteiger partial charge >= 0.3 is 0 Å². The SMILES string of the molecule is [CH2-]c1ccc2c(oc3c(-n4c5ccc(F)cc5c5cc(F)ccc54)c(C#N)ccc32)c1-c1cccc[n+]1[CH2-].[CH2-]c1ccccc1-c1ccc(C(C)(C)C)c[n+]1[CH2-].[Ir]. The van der Waals surface area contributed by atoms with Crippen molar-refractivity contribution in [3.8, 4) is 34.3 Å². The van der Waals surface area contributed by atoms with Gasteiger partial charge in [-0.25, -0.2) is 8.78 Å². The third-order valence-corrected chi connectivity index (χ3v) is 10.3. The maximum Gasteiger partial charge on any atom is 0.159 e. The van der Waals surface area contributed by atoms with Gasteiger partial charge in [-0.1, -0.05) is 62.7 Å². The average molecular weight is 929 g/mol. The Morgan fingerprint density at radius 2 is 1.30 bits per heavy atom. The number of furan rings is 1. The molecule has 0 saturated carbocycles. The molecule has 0 unspecified atom stereocenters. The van der Waals surface area contributed by atoms with E-state index in [4.69, 9.17) is 4.42 Å². The van der Waals surface area contributed by atoms with Gasteiger partial charge in [-0.05, 0) is 59.5 Å². The summed E-state index contributed by atoms with van der Waals surface area (Å²) in [5, 5.41) is 12.9. The quantitative estimate of drug-likeness (QED) is 0.131. The molecule has 0 aliphatic carbocycles. The number of aromatic nitrogens is 3. The van der Waals surface area contributed by atoms with E-state index in [0.717, 1.165) is 44.4 Å². The van der Waals surface area contributed by atoms with Gasteiger partial charge in [-0.15, -0.1) is 23.8 Å². The van der Waals surface area contributed by atoms with Gasteiger partial charge in [0.2, 0.25) is 0 Å². The molecule has 285 valence electrons. The first-order valence-corrected chi connectivity index (χ1v) is 18.1. The van der Waals surface area contributed by atoms with Crippen LogP contribution in [0.5, 0.6) is 0 Å². The van der Waals surface area contributed by atoms with E-state index in [1.807, 2.05) is 69.9 Å². The Kier molecular flexibility index (Phi) is 10.1. The summed E-state index contributed by atoms with van der Waals surface area (Å²) in [6.07, 6.45) is 3.95. The molecule has 0 spiro atoms. The molecule has 0 aliphatic rings. The maximum absolute atomic E-state index is 14.3. The van der Waals surface area contributed by atoms with Gasteiger partial charge in [-0.2, -0.15) is 42.4 Å². The van der Waals surface area contributed by atoms with Crippen molar-refractivity contribution in [1.29, 1.82) is 5.26 Å². The molecular formula is C49H38F2IrN4O-2. The molecule has 0 fully saturated rings. The van der Waals surface area contributed by atoms with E-state index in [2.05, 4.69) is 79.2 Å². The summed E-state index contributed by atoms with van der Waals surface area (Å²) in [4.78, 5) is 0. The zero-order chi connectivity index (χ0) is 39.5. The minimum Gasteiger partial charge on any atom is -0.467 e. The van der Waals surface area contributed by atoms with Crippen molar-refractivity contribution in [3.05, 3.63) is 189 Å². The standard InChI is InChI=1S/C32H18F2N3O.C17H20N.Ir/c1-18-6-10-22-23-11-7-19(17-35)30(32(23)38-31(22)29(18)28-5-3-4-14-36(28)2)37-26-12-8-20(33)15-24(26)25-16-21(34)9-13-27(25)37;1-13-8-6-7-9-15(13)16-11-10-14(12-18(16)5)17(2,3)4;/h3-16H,1-2H2;6-12H,1,5H2,2-4H3;/q2*-1;. The summed E-state index contributed by atoms with van der Waals surface area (Å²) in [5.41, 5.74) is 10.3. The van der Waals surface area contributed by atoms with Crippen molar-refractivity contribution >= 4 is 43.7 Å². The second-order valence-electron chi connectivity index (χ2n) is 14.9. The molecule has 0 saturated heterocycles. The van der Waals surface area contributed by atoms with Crippen molar-refractivity contribution in [2.75, 3.05) is 0 Å². The van der Waals surface area contributed by atoms with E-state index in [0.29, 0.717) is 44.2 Å². The molecule has 8 heteroatoms. The van der Waals surface area contributed by atoms with Crippen molar-refractivity contribution in [2.24, 2.45) is 0 Å². The first-order valence-electron chi connectivity index (χ1n) is 18.1. The Bertz CT molecular complexity index is 3000. The number of fused-ring (bicyclic) bond motifs is 6. The molecule has 0 amide bonds. The normalized spacial score (nSPS) is 11.4. The minimum atomic E-state index is -0.430. The monoisotopic (exact) mass is 929 g/mol. The fourth-order valence-electron chi connectivity index (χ4n) is 7.44. The topological polar surface area (TPSA) is 49.6 Å². The van der Waals surface area contributed by atoms with Crippen LogP contribution < -0.4 is 9.13 Å². The van der Waals surface area contributed by atoms with E-state index in [-0.39, 0.29) is 25.5 Å². The van der Waals surface area contributed by atoms with Gasteiger partial charge in [0, 0.05) is 55.7 Å². The van der Waals surface area contributed by atoms with Crippen LogP contribution >= 0.6 is 0 Å². The molecule has 4 heterocycles. The second kappa shape index (κ2) is 14.9. The summed E-state index contributed by atoms with van der Waals surface area (Å²) >= 11 is 0. The number of hydrogen-bond acceptors (Lipinski definition) is 2. The van der Waals surface area contributed by atoms with Gasteiger partial charge in [0.15, 0.2) is 5.58 Å². The molecular weight excluding hydrogens is 891 g/mol. The molecule has 0 N–H and O–H groups in total. The molecule has 0 aliphatic heterocycles. The first-order chi connectivity index (χ1) is 26.8. The molecule has 4 aromatic heterocycles. The Morgan fingerprint density at radius 3 is 1.91 bits per heavy atom. The van der Waals surface area contributed by atoms with Crippen LogP contribution in [0.15, 0.2) is 132 Å². The Hall–Kier alpha value is -6.52. The van der Waals surface area contributed by atoms with Crippen LogP contribution in [0.4, 0.5) is 8.78 Å². The van der Waals surface area contributed by atoms with Crippen LogP contribution in [-0.2, 0) is 25.5 Å². The molecule has 9 rings (SSSR count). The third-order valence-electron chi connectivity index (χ3n) is 10.3. The van der Waals surface area contributed by atoms with Gasteiger partial charge in [0.05, 0.1) is 46.0 Å². The molecule has 0 atom stereocenters. The zero-order valence-electron chi connectivity index (χ0n) is 31.7. The Labute approximate surface area is 344 Å². The number of pyridine rings is 2. The number of rotatable bonds is 3. The zero-order valence-corrected chi connectivity index (χ0v) is 34.1. The van der Waals surface area contributed by atoms with E-state index >= 15 is 0 Å². The number of nitriles is 1. The summed E-state index contributed by atoms with van der Waals surface area (Å²) in [5.74, 6) is -0.861. The molecule has 5 nitrogen and oxygen atoms in total. The molecule has 57 heavy (non-hydrogen) atoms. The smallest absolute Gasteiger partial charge is 0.159 e. The first kappa shape index (κ1) is 38.7. The number of nitrogens with zero attached hydrogens (tertiary/aromatic N) is 4. The second-order valence-corrected chi connectivity index (χ2v) is 14.9. The van der Waals surface area contributed by atoms with Gasteiger partial charge in [0.25, 0.3) is 0 Å². The summed E-state index contributed by atoms with van der Waals surface area (Å²) in [6, 6.07) is 36.7. The van der Waals surface area contributed by atoms with E-state index in [1.165, 1.54) is 29.8 Å². The fourth-order valence-corrected chi connectivity index (χ4v) is 7.44. The average Bonchev–Trinajstić information content (AvgIpc) is 3.70. The largest absolute Gasteiger partial charge is 0.467 e. The molecule has 1 radical (unpaired) electrons. The molecule has 5 aromatic carbocycles. The van der Waals surface area contributed by atoms with Crippen molar-refractivity contribution in [3.63, 3.8) is 0 Å². The Morgan fingerprint density at radius 1 is 0.667 bits per heavy atom. The Balaban J connectivity index is 0.000000221. The van der Waals surface area contributed by atoms with Crippen LogP contribution in [-0.4, -0.2) is 4.57 Å². The van der Waals surface area contributed by atoms with E-state index in [1.54, 1.807) is 22.8 Å². The maximum atomic E-state index is 14.3. The predicted octanol–water partition coefficient (Wildman–Crippen LogP) is 11.4. The van der Waals surface area contributed by atoms with Crippen LogP contribution in [0, 0.1) is 50.9 Å².